The van der Waals surface area contributed by atoms with Crippen LogP contribution < -0.4 is 11.1 Å². The number of amides is 1. The molecule has 0 heterocycles. The number of hydrogen-bond donors (Lipinski definition) is 2. The number of hydrogen-bond acceptors (Lipinski definition) is 3. The van der Waals surface area contributed by atoms with E-state index in [4.69, 9.17) is 10.5 Å². The number of benzene rings is 2. The van der Waals surface area contributed by atoms with Gasteiger partial charge in [-0.25, -0.2) is 4.79 Å². The minimum atomic E-state index is -0.286. The Bertz CT molecular complexity index is 805. The van der Waals surface area contributed by atoms with Crippen molar-refractivity contribution < 1.29 is 9.53 Å². The van der Waals surface area contributed by atoms with Crippen LogP contribution in [-0.4, -0.2) is 24.8 Å². The third-order valence-corrected chi connectivity index (χ3v) is 6.72. The van der Waals surface area contributed by atoms with Crippen LogP contribution in [0, 0.1) is 11.8 Å². The van der Waals surface area contributed by atoms with Gasteiger partial charge in [-0.3, -0.25) is 0 Å². The molecule has 3 aliphatic rings. The van der Waals surface area contributed by atoms with Crippen LogP contribution >= 0.6 is 0 Å². The maximum atomic E-state index is 12.4. The smallest absolute Gasteiger partial charge is 0.407 e. The fraction of sp³-hybridized carbons (Fsp3) is 0.435. The number of rotatable bonds is 3. The molecule has 0 spiro atoms. The van der Waals surface area contributed by atoms with E-state index in [0.29, 0.717) is 24.5 Å². The summed E-state index contributed by atoms with van der Waals surface area (Å²) < 4.78 is 5.67. The SMILES string of the molecule is NC1CC2CC(NC(=O)OCC3c4ccccc4-c4ccccc43)CC2C1. The molecule has 2 saturated carbocycles. The molecular formula is C23H26N2O2. The third-order valence-electron chi connectivity index (χ3n) is 6.72. The predicted octanol–water partition coefficient (Wildman–Crippen LogP) is 4.04. The van der Waals surface area contributed by atoms with E-state index >= 15 is 0 Å². The van der Waals surface area contributed by atoms with Crippen LogP contribution in [0.4, 0.5) is 4.79 Å². The predicted molar refractivity (Wildman–Crippen MR) is 105 cm³/mol. The average Bonchev–Trinajstić information content (AvgIpc) is 3.29. The van der Waals surface area contributed by atoms with Gasteiger partial charge in [0.2, 0.25) is 0 Å². The average molecular weight is 362 g/mol. The molecule has 140 valence electrons. The molecule has 4 heteroatoms. The molecule has 2 aromatic carbocycles. The lowest BCUT2D eigenvalue weighted by atomic mass is 9.98. The minimum Gasteiger partial charge on any atom is -0.449 e. The van der Waals surface area contributed by atoms with Crippen molar-refractivity contribution in [2.75, 3.05) is 6.61 Å². The van der Waals surface area contributed by atoms with E-state index in [1.54, 1.807) is 0 Å². The van der Waals surface area contributed by atoms with Crippen molar-refractivity contribution in [3.05, 3.63) is 59.7 Å². The zero-order chi connectivity index (χ0) is 18.4. The molecule has 3 aliphatic carbocycles. The lowest BCUT2D eigenvalue weighted by Crippen LogP contribution is -2.35. The monoisotopic (exact) mass is 362 g/mol. The van der Waals surface area contributed by atoms with Gasteiger partial charge in [-0.15, -0.1) is 0 Å². The van der Waals surface area contributed by atoms with Crippen LogP contribution in [-0.2, 0) is 4.74 Å². The molecule has 0 radical (unpaired) electrons. The maximum Gasteiger partial charge on any atom is 0.407 e. The van der Waals surface area contributed by atoms with Crippen molar-refractivity contribution in [3.8, 4) is 11.1 Å². The molecule has 2 aromatic rings. The topological polar surface area (TPSA) is 64.3 Å². The first-order chi connectivity index (χ1) is 13.2. The molecule has 1 amide bonds. The van der Waals surface area contributed by atoms with Gasteiger partial charge in [-0.05, 0) is 59.8 Å². The highest BCUT2D eigenvalue weighted by atomic mass is 16.5. The van der Waals surface area contributed by atoms with Crippen molar-refractivity contribution in [1.29, 1.82) is 0 Å². The van der Waals surface area contributed by atoms with Gasteiger partial charge >= 0.3 is 6.09 Å². The summed E-state index contributed by atoms with van der Waals surface area (Å²) in [6.45, 7) is 0.379. The summed E-state index contributed by atoms with van der Waals surface area (Å²) in [5.74, 6) is 1.47. The first-order valence-corrected chi connectivity index (χ1v) is 10.1. The van der Waals surface area contributed by atoms with Crippen LogP contribution in [0.15, 0.2) is 48.5 Å². The molecule has 5 rings (SSSR count). The molecule has 27 heavy (non-hydrogen) atoms. The lowest BCUT2D eigenvalue weighted by Gasteiger charge is -2.17. The van der Waals surface area contributed by atoms with Gasteiger partial charge in [0.05, 0.1) is 0 Å². The molecule has 0 aromatic heterocycles. The van der Waals surface area contributed by atoms with Crippen molar-refractivity contribution in [3.63, 3.8) is 0 Å². The zero-order valence-electron chi connectivity index (χ0n) is 15.4. The van der Waals surface area contributed by atoms with E-state index in [-0.39, 0.29) is 18.1 Å². The summed E-state index contributed by atoms with van der Waals surface area (Å²) >= 11 is 0. The normalized spacial score (nSPS) is 28.5. The fourth-order valence-electron chi connectivity index (χ4n) is 5.59. The first-order valence-electron chi connectivity index (χ1n) is 10.1. The fourth-order valence-corrected chi connectivity index (χ4v) is 5.59. The Hall–Kier alpha value is -2.33. The van der Waals surface area contributed by atoms with Gasteiger partial charge in [-0.1, -0.05) is 48.5 Å². The molecule has 2 atom stereocenters. The summed E-state index contributed by atoms with van der Waals surface area (Å²) in [5, 5.41) is 3.09. The number of alkyl carbamates (subject to hydrolysis) is 1. The van der Waals surface area contributed by atoms with E-state index in [1.807, 2.05) is 0 Å². The molecule has 0 bridgehead atoms. The maximum absolute atomic E-state index is 12.4. The van der Waals surface area contributed by atoms with Crippen LogP contribution in [0.5, 0.6) is 0 Å². The van der Waals surface area contributed by atoms with E-state index in [9.17, 15) is 4.79 Å². The highest BCUT2D eigenvalue weighted by Gasteiger charge is 2.41. The Kier molecular flexibility index (Phi) is 4.16. The van der Waals surface area contributed by atoms with Gasteiger partial charge in [0.1, 0.15) is 6.61 Å². The quantitative estimate of drug-likeness (QED) is 0.866. The number of fused-ring (bicyclic) bond motifs is 4. The van der Waals surface area contributed by atoms with Gasteiger partial charge in [0.15, 0.2) is 0 Å². The number of carbonyl (C=O) groups is 1. The molecule has 0 saturated heterocycles. The summed E-state index contributed by atoms with van der Waals surface area (Å²) in [6.07, 6.45) is 4.01. The molecular weight excluding hydrogens is 336 g/mol. The minimum absolute atomic E-state index is 0.115. The van der Waals surface area contributed by atoms with E-state index in [1.165, 1.54) is 22.3 Å². The number of carbonyl (C=O) groups excluding carboxylic acids is 1. The van der Waals surface area contributed by atoms with Crippen molar-refractivity contribution >= 4 is 6.09 Å². The van der Waals surface area contributed by atoms with Crippen molar-refractivity contribution in [2.24, 2.45) is 17.6 Å². The molecule has 2 fully saturated rings. The number of ether oxygens (including phenoxy) is 1. The van der Waals surface area contributed by atoms with Crippen molar-refractivity contribution in [2.45, 2.75) is 43.7 Å². The zero-order valence-corrected chi connectivity index (χ0v) is 15.4. The van der Waals surface area contributed by atoms with Gasteiger partial charge < -0.3 is 15.8 Å². The van der Waals surface area contributed by atoms with E-state index in [2.05, 4.69) is 53.8 Å². The van der Waals surface area contributed by atoms with Crippen LogP contribution in [0.3, 0.4) is 0 Å². The van der Waals surface area contributed by atoms with Crippen LogP contribution in [0.1, 0.15) is 42.7 Å². The highest BCUT2D eigenvalue weighted by Crippen LogP contribution is 2.45. The van der Waals surface area contributed by atoms with Crippen molar-refractivity contribution in [1.82, 2.24) is 5.32 Å². The second kappa shape index (κ2) is 6.68. The number of nitrogens with two attached hydrogens (primary N) is 1. The molecule has 0 aliphatic heterocycles. The summed E-state index contributed by atoms with van der Waals surface area (Å²) in [4.78, 5) is 12.4. The largest absolute Gasteiger partial charge is 0.449 e. The highest BCUT2D eigenvalue weighted by molar-refractivity contribution is 5.79. The third kappa shape index (κ3) is 3.02. The van der Waals surface area contributed by atoms with Gasteiger partial charge in [0, 0.05) is 18.0 Å². The second-order valence-electron chi connectivity index (χ2n) is 8.39. The van der Waals surface area contributed by atoms with Gasteiger partial charge in [-0.2, -0.15) is 0 Å². The molecule has 4 nitrogen and oxygen atoms in total. The van der Waals surface area contributed by atoms with Crippen LogP contribution in [0.25, 0.3) is 11.1 Å². The van der Waals surface area contributed by atoms with E-state index in [0.717, 1.165) is 25.7 Å². The Morgan fingerprint density at radius 2 is 1.48 bits per heavy atom. The lowest BCUT2D eigenvalue weighted by molar-refractivity contribution is 0.138. The van der Waals surface area contributed by atoms with Crippen LogP contribution in [0.2, 0.25) is 0 Å². The summed E-state index contributed by atoms with van der Waals surface area (Å²) in [7, 11) is 0. The summed E-state index contributed by atoms with van der Waals surface area (Å²) in [5.41, 5.74) is 11.1. The van der Waals surface area contributed by atoms with Gasteiger partial charge in [0.25, 0.3) is 0 Å². The molecule has 3 N–H and O–H groups in total. The Morgan fingerprint density at radius 3 is 2.07 bits per heavy atom. The Labute approximate surface area is 160 Å². The number of nitrogens with one attached hydrogen (secondary N) is 1. The first kappa shape index (κ1) is 16.8. The Balaban J connectivity index is 1.22. The molecule has 2 unspecified atom stereocenters. The Morgan fingerprint density at radius 1 is 0.926 bits per heavy atom. The standard InChI is InChI=1S/C23H26N2O2/c24-16-9-14-11-17(12-15(14)10-16)25-23(26)27-13-22-20-7-3-1-5-18(20)19-6-2-4-8-21(19)22/h1-8,14-17,22H,9-13,24H2,(H,25,26). The van der Waals surface area contributed by atoms with E-state index < -0.39 is 0 Å². The summed E-state index contributed by atoms with van der Waals surface area (Å²) in [6, 6.07) is 17.4. The second-order valence-corrected chi connectivity index (χ2v) is 8.39.